The number of nitrogens with one attached hydrogen (secondary N) is 1. The van der Waals surface area contributed by atoms with Gasteiger partial charge in [-0.15, -0.1) is 0 Å². The van der Waals surface area contributed by atoms with Crippen LogP contribution in [0.25, 0.3) is 0 Å². The average Bonchev–Trinajstić information content (AvgIpc) is 2.49. The summed E-state index contributed by atoms with van der Waals surface area (Å²) >= 11 is 0. The van der Waals surface area contributed by atoms with Crippen LogP contribution in [0.1, 0.15) is 32.1 Å². The highest BCUT2D eigenvalue weighted by molar-refractivity contribution is 5.56. The van der Waals surface area contributed by atoms with Gasteiger partial charge in [0.05, 0.1) is 0 Å². The van der Waals surface area contributed by atoms with Gasteiger partial charge in [0.2, 0.25) is 0 Å². The zero-order chi connectivity index (χ0) is 8.44. The van der Waals surface area contributed by atoms with Gasteiger partial charge in [-0.05, 0) is 44.2 Å². The standard InChI is InChI=1S/C10H17NO/c12-8-9-2-1-3-10(9)4-6-11-7-5-10/h8-9,11H,1-7H2. The Hall–Kier alpha value is -0.370. The van der Waals surface area contributed by atoms with E-state index >= 15 is 0 Å². The molecule has 1 spiro atoms. The molecule has 2 nitrogen and oxygen atoms in total. The predicted molar refractivity (Wildman–Crippen MR) is 47.9 cm³/mol. The molecule has 1 unspecified atom stereocenters. The third-order valence-corrected chi connectivity index (χ3v) is 3.74. The van der Waals surface area contributed by atoms with Crippen LogP contribution >= 0.6 is 0 Å². The first kappa shape index (κ1) is 8.24. The normalized spacial score (nSPS) is 33.8. The first-order valence-electron chi connectivity index (χ1n) is 5.03. The molecule has 0 aromatic heterocycles. The third kappa shape index (κ3) is 1.18. The van der Waals surface area contributed by atoms with E-state index in [1.807, 2.05) is 0 Å². The van der Waals surface area contributed by atoms with Gasteiger partial charge in [-0.25, -0.2) is 0 Å². The summed E-state index contributed by atoms with van der Waals surface area (Å²) in [6.07, 6.45) is 7.34. The zero-order valence-electron chi connectivity index (χ0n) is 7.51. The van der Waals surface area contributed by atoms with Crippen molar-refractivity contribution >= 4 is 6.29 Å². The van der Waals surface area contributed by atoms with Crippen molar-refractivity contribution in [3.8, 4) is 0 Å². The van der Waals surface area contributed by atoms with Gasteiger partial charge < -0.3 is 10.1 Å². The lowest BCUT2D eigenvalue weighted by Gasteiger charge is -2.37. The Kier molecular flexibility index (Phi) is 2.18. The van der Waals surface area contributed by atoms with E-state index in [0.29, 0.717) is 11.3 Å². The molecule has 0 radical (unpaired) electrons. The van der Waals surface area contributed by atoms with Crippen molar-refractivity contribution in [3.63, 3.8) is 0 Å². The molecule has 2 fully saturated rings. The second-order valence-electron chi connectivity index (χ2n) is 4.25. The molecule has 12 heavy (non-hydrogen) atoms. The van der Waals surface area contributed by atoms with Crippen LogP contribution in [0.3, 0.4) is 0 Å². The Labute approximate surface area is 73.7 Å². The number of aldehydes is 1. The van der Waals surface area contributed by atoms with Crippen LogP contribution in [0.15, 0.2) is 0 Å². The van der Waals surface area contributed by atoms with E-state index in [1.54, 1.807) is 0 Å². The second kappa shape index (κ2) is 3.17. The van der Waals surface area contributed by atoms with Gasteiger partial charge in [0.25, 0.3) is 0 Å². The van der Waals surface area contributed by atoms with Gasteiger partial charge in [0, 0.05) is 5.92 Å². The number of rotatable bonds is 1. The molecule has 0 amide bonds. The summed E-state index contributed by atoms with van der Waals surface area (Å²) in [5.74, 6) is 0.375. The van der Waals surface area contributed by atoms with Crippen LogP contribution in [-0.2, 0) is 4.79 Å². The van der Waals surface area contributed by atoms with Crippen molar-refractivity contribution in [2.75, 3.05) is 13.1 Å². The molecule has 68 valence electrons. The van der Waals surface area contributed by atoms with Crippen LogP contribution in [0.5, 0.6) is 0 Å². The lowest BCUT2D eigenvalue weighted by atomic mass is 9.71. The third-order valence-electron chi connectivity index (χ3n) is 3.74. The summed E-state index contributed by atoms with van der Waals surface area (Å²) in [6.45, 7) is 2.23. The van der Waals surface area contributed by atoms with Crippen molar-refractivity contribution in [3.05, 3.63) is 0 Å². The molecule has 2 heteroatoms. The molecule has 1 heterocycles. The number of piperidine rings is 1. The minimum Gasteiger partial charge on any atom is -0.317 e. The van der Waals surface area contributed by atoms with Crippen LogP contribution in [0.2, 0.25) is 0 Å². The van der Waals surface area contributed by atoms with Crippen molar-refractivity contribution in [2.45, 2.75) is 32.1 Å². The van der Waals surface area contributed by atoms with E-state index < -0.39 is 0 Å². The Bertz CT molecular complexity index is 173. The van der Waals surface area contributed by atoms with Crippen molar-refractivity contribution < 1.29 is 4.79 Å². The smallest absolute Gasteiger partial charge is 0.123 e. The summed E-state index contributed by atoms with van der Waals surface area (Å²) in [4.78, 5) is 10.9. The van der Waals surface area contributed by atoms with Gasteiger partial charge in [-0.3, -0.25) is 0 Å². The van der Waals surface area contributed by atoms with Crippen molar-refractivity contribution in [2.24, 2.45) is 11.3 Å². The molecule has 0 aromatic carbocycles. The lowest BCUT2D eigenvalue weighted by molar-refractivity contribution is -0.114. The molecule has 1 atom stereocenters. The topological polar surface area (TPSA) is 29.1 Å². The number of carbonyl (C=O) groups is 1. The Morgan fingerprint density at radius 1 is 1.25 bits per heavy atom. The highest BCUT2D eigenvalue weighted by Gasteiger charge is 2.42. The van der Waals surface area contributed by atoms with E-state index in [0.717, 1.165) is 19.5 Å². The first-order valence-corrected chi connectivity index (χ1v) is 5.03. The van der Waals surface area contributed by atoms with E-state index in [9.17, 15) is 4.79 Å². The Balaban J connectivity index is 2.10. The SMILES string of the molecule is O=CC1CCCC12CCNCC2. The van der Waals surface area contributed by atoms with E-state index in [4.69, 9.17) is 0 Å². The van der Waals surface area contributed by atoms with Gasteiger partial charge in [-0.1, -0.05) is 6.42 Å². The lowest BCUT2D eigenvalue weighted by Crippen LogP contribution is -2.39. The number of hydrogen-bond donors (Lipinski definition) is 1. The van der Waals surface area contributed by atoms with Gasteiger partial charge >= 0.3 is 0 Å². The predicted octanol–water partition coefficient (Wildman–Crippen LogP) is 1.36. The molecule has 0 bridgehead atoms. The maximum absolute atomic E-state index is 10.9. The fourth-order valence-electron chi connectivity index (χ4n) is 2.92. The Morgan fingerprint density at radius 3 is 2.67 bits per heavy atom. The fraction of sp³-hybridized carbons (Fsp3) is 0.900. The molecule has 1 N–H and O–H groups in total. The summed E-state index contributed by atoms with van der Waals surface area (Å²) < 4.78 is 0. The summed E-state index contributed by atoms with van der Waals surface area (Å²) in [7, 11) is 0. The van der Waals surface area contributed by atoms with Crippen LogP contribution < -0.4 is 5.32 Å². The largest absolute Gasteiger partial charge is 0.317 e. The number of carbonyl (C=O) groups excluding carboxylic acids is 1. The maximum atomic E-state index is 10.9. The molecule has 0 aromatic rings. The summed E-state index contributed by atoms with van der Waals surface area (Å²) in [6, 6.07) is 0. The minimum absolute atomic E-state index is 0.375. The molecule has 1 saturated heterocycles. The average molecular weight is 167 g/mol. The molecular weight excluding hydrogens is 150 g/mol. The van der Waals surface area contributed by atoms with Crippen LogP contribution in [0.4, 0.5) is 0 Å². The van der Waals surface area contributed by atoms with Gasteiger partial charge in [-0.2, -0.15) is 0 Å². The van der Waals surface area contributed by atoms with E-state index in [1.165, 1.54) is 32.0 Å². The Morgan fingerprint density at radius 2 is 2.00 bits per heavy atom. The highest BCUT2D eigenvalue weighted by atomic mass is 16.1. The van der Waals surface area contributed by atoms with Crippen molar-refractivity contribution in [1.29, 1.82) is 0 Å². The zero-order valence-corrected chi connectivity index (χ0v) is 7.51. The van der Waals surface area contributed by atoms with Crippen molar-refractivity contribution in [1.82, 2.24) is 5.32 Å². The van der Waals surface area contributed by atoms with E-state index in [-0.39, 0.29) is 0 Å². The highest BCUT2D eigenvalue weighted by Crippen LogP contribution is 2.48. The first-order chi connectivity index (χ1) is 5.87. The van der Waals surface area contributed by atoms with Crippen LogP contribution in [0, 0.1) is 11.3 Å². The maximum Gasteiger partial charge on any atom is 0.123 e. The van der Waals surface area contributed by atoms with Gasteiger partial charge in [0.15, 0.2) is 0 Å². The fourth-order valence-corrected chi connectivity index (χ4v) is 2.92. The molecule has 1 aliphatic heterocycles. The van der Waals surface area contributed by atoms with Gasteiger partial charge in [0.1, 0.15) is 6.29 Å². The quantitative estimate of drug-likeness (QED) is 0.597. The molecule has 1 aliphatic carbocycles. The second-order valence-corrected chi connectivity index (χ2v) is 4.25. The summed E-state index contributed by atoms with van der Waals surface area (Å²) in [5, 5.41) is 3.36. The molecule has 2 rings (SSSR count). The number of hydrogen-bond acceptors (Lipinski definition) is 2. The minimum atomic E-state index is 0.375. The molecular formula is C10H17NO. The summed E-state index contributed by atoms with van der Waals surface area (Å²) in [5.41, 5.74) is 0.410. The molecule has 2 aliphatic rings. The van der Waals surface area contributed by atoms with E-state index in [2.05, 4.69) is 5.32 Å². The molecule has 1 saturated carbocycles. The van der Waals surface area contributed by atoms with Crippen LogP contribution in [-0.4, -0.2) is 19.4 Å². The monoisotopic (exact) mass is 167 g/mol.